The van der Waals surface area contributed by atoms with E-state index in [2.05, 4.69) is 5.43 Å². The van der Waals surface area contributed by atoms with E-state index in [1.807, 2.05) is 37.3 Å². The Labute approximate surface area is 117 Å². The smallest absolute Gasteiger partial charge is 0.331 e. The summed E-state index contributed by atoms with van der Waals surface area (Å²) in [7, 11) is 2.62. The number of hydrogen-bond donors (Lipinski definition) is 1. The van der Waals surface area contributed by atoms with Gasteiger partial charge in [0.25, 0.3) is 0 Å². The average molecular weight is 278 g/mol. The van der Waals surface area contributed by atoms with Gasteiger partial charge in [0.15, 0.2) is 6.04 Å². The van der Waals surface area contributed by atoms with Crippen molar-refractivity contribution in [3.63, 3.8) is 0 Å². The standard InChI is InChI=1S/C14H18N2O4/c1-9-11(13(17)19-2)12(14(18)20-3)16(15-9)10-7-5-4-6-8-10/h4-9,11-12,15H,1-3H3/t9?,11-,12+/m0/s1. The Kier molecular flexibility index (Phi) is 4.24. The van der Waals surface area contributed by atoms with E-state index < -0.39 is 23.9 Å². The van der Waals surface area contributed by atoms with Gasteiger partial charge >= 0.3 is 11.9 Å². The molecule has 0 amide bonds. The van der Waals surface area contributed by atoms with Crippen LogP contribution in [-0.2, 0) is 19.1 Å². The maximum Gasteiger partial charge on any atom is 0.331 e. The van der Waals surface area contributed by atoms with Gasteiger partial charge in [-0.05, 0) is 19.1 Å². The van der Waals surface area contributed by atoms with E-state index >= 15 is 0 Å². The second-order valence-corrected chi connectivity index (χ2v) is 4.64. The highest BCUT2D eigenvalue weighted by molar-refractivity contribution is 5.89. The lowest BCUT2D eigenvalue weighted by atomic mass is 9.95. The number of hydrogen-bond acceptors (Lipinski definition) is 6. The van der Waals surface area contributed by atoms with Crippen molar-refractivity contribution in [3.05, 3.63) is 30.3 Å². The molecule has 3 atom stereocenters. The minimum absolute atomic E-state index is 0.230. The van der Waals surface area contributed by atoms with Crippen molar-refractivity contribution in [1.29, 1.82) is 0 Å². The van der Waals surface area contributed by atoms with Gasteiger partial charge in [0.1, 0.15) is 5.92 Å². The SMILES string of the molecule is COC(=O)[C@H]1C(C)NN(c2ccccc2)[C@H]1C(=O)OC. The van der Waals surface area contributed by atoms with Crippen molar-refractivity contribution in [2.24, 2.45) is 5.92 Å². The monoisotopic (exact) mass is 278 g/mol. The number of methoxy groups -OCH3 is 2. The zero-order valence-electron chi connectivity index (χ0n) is 11.7. The molecule has 1 aromatic carbocycles. The maximum absolute atomic E-state index is 12.1. The number of carbonyl (C=O) groups excluding carboxylic acids is 2. The second-order valence-electron chi connectivity index (χ2n) is 4.64. The first-order valence-electron chi connectivity index (χ1n) is 6.36. The highest BCUT2D eigenvalue weighted by atomic mass is 16.5. The average Bonchev–Trinajstić information content (AvgIpc) is 2.84. The molecule has 108 valence electrons. The van der Waals surface area contributed by atoms with Crippen LogP contribution in [0.4, 0.5) is 5.69 Å². The normalized spacial score (nSPS) is 25.4. The summed E-state index contributed by atoms with van der Waals surface area (Å²) >= 11 is 0. The predicted octanol–water partition coefficient (Wildman–Crippen LogP) is 0.730. The van der Waals surface area contributed by atoms with Crippen LogP contribution in [0, 0.1) is 5.92 Å². The largest absolute Gasteiger partial charge is 0.469 e. The molecule has 1 N–H and O–H groups in total. The van der Waals surface area contributed by atoms with Gasteiger partial charge in [-0.2, -0.15) is 0 Å². The van der Waals surface area contributed by atoms with E-state index in [0.717, 1.165) is 5.69 Å². The number of rotatable bonds is 3. The summed E-state index contributed by atoms with van der Waals surface area (Å²) in [6, 6.07) is 8.35. The lowest BCUT2D eigenvalue weighted by molar-refractivity contribution is -0.152. The van der Waals surface area contributed by atoms with Gasteiger partial charge in [0.2, 0.25) is 0 Å². The minimum Gasteiger partial charge on any atom is -0.469 e. The molecule has 1 saturated heterocycles. The van der Waals surface area contributed by atoms with Crippen LogP contribution in [0.25, 0.3) is 0 Å². The zero-order chi connectivity index (χ0) is 14.7. The highest BCUT2D eigenvalue weighted by Gasteiger charge is 2.49. The fraction of sp³-hybridized carbons (Fsp3) is 0.429. The van der Waals surface area contributed by atoms with Crippen LogP contribution < -0.4 is 10.4 Å². The molecule has 1 aliphatic rings. The van der Waals surface area contributed by atoms with E-state index in [4.69, 9.17) is 9.47 Å². The molecule has 1 heterocycles. The zero-order valence-corrected chi connectivity index (χ0v) is 11.7. The molecule has 0 aromatic heterocycles. The topological polar surface area (TPSA) is 67.9 Å². The van der Waals surface area contributed by atoms with Crippen molar-refractivity contribution >= 4 is 17.6 Å². The van der Waals surface area contributed by atoms with Crippen molar-refractivity contribution in [2.45, 2.75) is 19.0 Å². The van der Waals surface area contributed by atoms with Gasteiger partial charge in [0.05, 0.1) is 19.9 Å². The van der Waals surface area contributed by atoms with Crippen LogP contribution in [0.15, 0.2) is 30.3 Å². The molecule has 0 spiro atoms. The third kappa shape index (κ3) is 2.46. The number of para-hydroxylation sites is 1. The molecule has 1 aromatic rings. The molecular weight excluding hydrogens is 260 g/mol. The molecule has 20 heavy (non-hydrogen) atoms. The number of hydrazine groups is 1. The first-order chi connectivity index (χ1) is 9.60. The Balaban J connectivity index is 2.37. The molecule has 6 nitrogen and oxygen atoms in total. The van der Waals surface area contributed by atoms with Crippen LogP contribution in [0.1, 0.15) is 6.92 Å². The van der Waals surface area contributed by atoms with E-state index in [1.54, 1.807) is 5.01 Å². The number of carbonyl (C=O) groups is 2. The third-order valence-corrected chi connectivity index (χ3v) is 3.45. The number of nitrogens with one attached hydrogen (secondary N) is 1. The summed E-state index contributed by atoms with van der Waals surface area (Å²) < 4.78 is 9.63. The molecule has 0 aliphatic carbocycles. The summed E-state index contributed by atoms with van der Waals surface area (Å²) in [5, 5.41) is 1.66. The Morgan fingerprint density at radius 2 is 1.70 bits per heavy atom. The highest BCUT2D eigenvalue weighted by Crippen LogP contribution is 2.29. The van der Waals surface area contributed by atoms with Crippen molar-refractivity contribution in [1.82, 2.24) is 5.43 Å². The molecule has 2 rings (SSSR count). The van der Waals surface area contributed by atoms with Gasteiger partial charge in [-0.1, -0.05) is 18.2 Å². The second kappa shape index (κ2) is 5.92. The summed E-state index contributed by atoms with van der Waals surface area (Å²) in [4.78, 5) is 24.0. The van der Waals surface area contributed by atoms with E-state index in [-0.39, 0.29) is 6.04 Å². The molecular formula is C14H18N2O4. The van der Waals surface area contributed by atoms with Gasteiger partial charge in [-0.15, -0.1) is 0 Å². The predicted molar refractivity (Wildman–Crippen MR) is 72.8 cm³/mol. The number of benzene rings is 1. The first kappa shape index (κ1) is 14.3. The van der Waals surface area contributed by atoms with E-state index in [1.165, 1.54) is 14.2 Å². The van der Waals surface area contributed by atoms with Crippen LogP contribution in [0.5, 0.6) is 0 Å². The van der Waals surface area contributed by atoms with Gasteiger partial charge in [-0.3, -0.25) is 9.80 Å². The van der Waals surface area contributed by atoms with E-state index in [9.17, 15) is 9.59 Å². The van der Waals surface area contributed by atoms with Crippen LogP contribution in [0.3, 0.4) is 0 Å². The first-order valence-corrected chi connectivity index (χ1v) is 6.36. The minimum atomic E-state index is -0.746. The van der Waals surface area contributed by atoms with Crippen LogP contribution >= 0.6 is 0 Å². The molecule has 0 bridgehead atoms. The Morgan fingerprint density at radius 1 is 1.10 bits per heavy atom. The molecule has 1 aliphatic heterocycles. The summed E-state index contributed by atoms with van der Waals surface area (Å²) in [6.45, 7) is 1.83. The van der Waals surface area contributed by atoms with Gasteiger partial charge in [0, 0.05) is 6.04 Å². The fourth-order valence-electron chi connectivity index (χ4n) is 2.48. The van der Waals surface area contributed by atoms with Crippen molar-refractivity contribution < 1.29 is 19.1 Å². The molecule has 1 fully saturated rings. The van der Waals surface area contributed by atoms with Gasteiger partial charge < -0.3 is 9.47 Å². The number of esters is 2. The molecule has 6 heteroatoms. The van der Waals surface area contributed by atoms with Gasteiger partial charge in [-0.25, -0.2) is 10.2 Å². The Morgan fingerprint density at radius 3 is 2.25 bits per heavy atom. The fourth-order valence-corrected chi connectivity index (χ4v) is 2.48. The van der Waals surface area contributed by atoms with Crippen molar-refractivity contribution in [2.75, 3.05) is 19.2 Å². The lowest BCUT2D eigenvalue weighted by Gasteiger charge is -2.25. The summed E-state index contributed by atoms with van der Waals surface area (Å²) in [5.74, 6) is -1.52. The number of nitrogens with zero attached hydrogens (tertiary/aromatic N) is 1. The van der Waals surface area contributed by atoms with Crippen LogP contribution in [0.2, 0.25) is 0 Å². The maximum atomic E-state index is 12.1. The lowest BCUT2D eigenvalue weighted by Crippen LogP contribution is -2.45. The Hall–Kier alpha value is -2.08. The van der Waals surface area contributed by atoms with E-state index in [0.29, 0.717) is 0 Å². The number of ether oxygens (including phenoxy) is 2. The quantitative estimate of drug-likeness (QED) is 0.822. The molecule has 0 radical (unpaired) electrons. The Bertz CT molecular complexity index is 491. The third-order valence-electron chi connectivity index (χ3n) is 3.45. The molecule has 0 saturated carbocycles. The molecule has 1 unspecified atom stereocenters. The summed E-state index contributed by atoms with van der Waals surface area (Å²) in [6.07, 6.45) is 0. The van der Waals surface area contributed by atoms with Crippen LogP contribution in [-0.4, -0.2) is 38.2 Å². The van der Waals surface area contributed by atoms with Crippen molar-refractivity contribution in [3.8, 4) is 0 Å². The summed E-state index contributed by atoms with van der Waals surface area (Å²) in [5.41, 5.74) is 3.93. The number of anilines is 1.